The Kier molecular flexibility index (Phi) is 13.0. The van der Waals surface area contributed by atoms with Crippen molar-refractivity contribution in [2.45, 2.75) is 91.0 Å². The maximum atomic E-state index is 14.7. The number of likely N-dealkylation sites (N-methyl/N-ethyl adjacent to an activating group) is 1. The number of carbonyl (C=O) groups is 4. The van der Waals surface area contributed by atoms with Crippen LogP contribution in [-0.2, 0) is 41.6 Å². The van der Waals surface area contributed by atoms with Gasteiger partial charge in [-0.25, -0.2) is 15.2 Å². The summed E-state index contributed by atoms with van der Waals surface area (Å²) in [6.07, 6.45) is 3.18. The van der Waals surface area contributed by atoms with Gasteiger partial charge in [-0.1, -0.05) is 46.0 Å². The van der Waals surface area contributed by atoms with Crippen molar-refractivity contribution in [2.75, 3.05) is 53.6 Å². The minimum absolute atomic E-state index is 0.0153. The summed E-state index contributed by atoms with van der Waals surface area (Å²) < 4.78 is 20.4. The second kappa shape index (κ2) is 18.4. The van der Waals surface area contributed by atoms with Crippen molar-refractivity contribution in [1.29, 1.82) is 0 Å². The molecule has 6 heterocycles. The second-order valence-corrected chi connectivity index (χ2v) is 19.4. The summed E-state index contributed by atoms with van der Waals surface area (Å²) in [5.74, 6) is -2.90. The average Bonchev–Trinajstić information content (AvgIpc) is 3.77. The molecule has 1 aliphatic carbocycles. The molecule has 63 heavy (non-hydrogen) atoms. The van der Waals surface area contributed by atoms with E-state index in [1.54, 1.807) is 25.3 Å². The van der Waals surface area contributed by atoms with Crippen LogP contribution in [0.1, 0.15) is 82.2 Å². The Balaban J connectivity index is 1.18. The van der Waals surface area contributed by atoms with E-state index in [1.165, 1.54) is 21.2 Å². The monoisotopic (exact) mass is 898 g/mol. The zero-order chi connectivity index (χ0) is 44.7. The predicted octanol–water partition coefficient (Wildman–Crippen LogP) is 6.11. The van der Waals surface area contributed by atoms with Crippen LogP contribution >= 0.6 is 23.6 Å². The van der Waals surface area contributed by atoms with Crippen LogP contribution in [0, 0.1) is 17.3 Å². The Labute approximate surface area is 377 Å². The highest BCUT2D eigenvalue weighted by molar-refractivity contribution is 7.80. The van der Waals surface area contributed by atoms with Crippen molar-refractivity contribution in [1.82, 2.24) is 40.1 Å². The molecule has 8 rings (SSSR count). The van der Waals surface area contributed by atoms with E-state index in [2.05, 4.69) is 60.3 Å². The molecule has 3 aromatic heterocycles. The van der Waals surface area contributed by atoms with Crippen molar-refractivity contribution in [3.05, 3.63) is 58.2 Å². The minimum atomic E-state index is -1.02. The number of methoxy groups -OCH3 is 1. The fourth-order valence-corrected chi connectivity index (χ4v) is 11.1. The number of nitrogens with one attached hydrogen (secondary N) is 2. The summed E-state index contributed by atoms with van der Waals surface area (Å²) in [5.41, 5.74) is 9.27. The van der Waals surface area contributed by atoms with E-state index in [0.29, 0.717) is 63.7 Å². The van der Waals surface area contributed by atoms with Crippen LogP contribution in [0.2, 0.25) is 0 Å². The fraction of sp³-hybridized carbons (Fsp3) is 0.543. The number of urea groups is 1. The van der Waals surface area contributed by atoms with E-state index in [0.717, 1.165) is 44.7 Å². The van der Waals surface area contributed by atoms with Crippen molar-refractivity contribution in [3.8, 4) is 22.5 Å². The Morgan fingerprint density at radius 1 is 1.14 bits per heavy atom. The maximum absolute atomic E-state index is 14.7. The molecule has 6 bridgehead atoms. The van der Waals surface area contributed by atoms with E-state index in [-0.39, 0.29) is 35.9 Å². The van der Waals surface area contributed by atoms with Gasteiger partial charge in [0, 0.05) is 98.3 Å². The third kappa shape index (κ3) is 8.50. The quantitative estimate of drug-likeness (QED) is 0.170. The molecule has 2 N–H and O–H groups in total. The number of carbonyl (C=O) groups excluding carboxylic acids is 4. The van der Waals surface area contributed by atoms with Crippen LogP contribution in [0.3, 0.4) is 0 Å². The second-order valence-electron chi connectivity index (χ2n) is 18.0. The van der Waals surface area contributed by atoms with E-state index in [4.69, 9.17) is 36.4 Å². The lowest BCUT2D eigenvalue weighted by Gasteiger charge is -2.42. The van der Waals surface area contributed by atoms with E-state index >= 15 is 0 Å². The van der Waals surface area contributed by atoms with Gasteiger partial charge in [-0.2, -0.15) is 0 Å². The van der Waals surface area contributed by atoms with Crippen molar-refractivity contribution < 1.29 is 33.4 Å². The SMILES string of the molecule is CCn1c2c3c4cc(ccc41)-c1csc(n1)CC(C(=S)NC(=O)[C@H](C(C)C)N(C)C(=O)N1CCCOCC1)C(=O)N1CCC[C@H](N1)C(=O)OCC(C)(C)C3[C@H](OC)c1ncccc1-2. The number of cyclic esters (lactones) is 1. The number of amides is 4. The van der Waals surface area contributed by atoms with Crippen LogP contribution in [0.4, 0.5) is 4.79 Å². The molecule has 0 saturated carbocycles. The van der Waals surface area contributed by atoms with Gasteiger partial charge in [0.1, 0.15) is 18.2 Å². The molecule has 3 aliphatic heterocycles. The highest BCUT2D eigenvalue weighted by Crippen LogP contribution is 2.57. The van der Waals surface area contributed by atoms with Crippen LogP contribution in [0.25, 0.3) is 33.4 Å². The first-order chi connectivity index (χ1) is 30.2. The molecular weight excluding hydrogens is 841 g/mol. The van der Waals surface area contributed by atoms with Gasteiger partial charge in [0.05, 0.1) is 46.2 Å². The number of hydrogen-bond donors (Lipinski definition) is 2. The highest BCUT2D eigenvalue weighted by Gasteiger charge is 2.48. The summed E-state index contributed by atoms with van der Waals surface area (Å²) >= 11 is 7.37. The van der Waals surface area contributed by atoms with Gasteiger partial charge in [-0.15, -0.1) is 11.3 Å². The zero-order valence-corrected chi connectivity index (χ0v) is 38.8. The molecule has 336 valence electrons. The number of nitrogens with zero attached hydrogens (tertiary/aromatic N) is 6. The molecule has 17 heteroatoms. The molecule has 2 unspecified atom stereocenters. The van der Waals surface area contributed by atoms with E-state index in [9.17, 15) is 19.2 Å². The van der Waals surface area contributed by atoms with Crippen LogP contribution < -0.4 is 10.7 Å². The van der Waals surface area contributed by atoms with E-state index in [1.807, 2.05) is 25.3 Å². The molecule has 2 fully saturated rings. The first kappa shape index (κ1) is 44.8. The lowest BCUT2D eigenvalue weighted by atomic mass is 9.67. The number of esters is 1. The van der Waals surface area contributed by atoms with Gasteiger partial charge in [0.2, 0.25) is 11.8 Å². The molecule has 4 amide bonds. The molecule has 4 aromatic rings. The lowest BCUT2D eigenvalue weighted by molar-refractivity contribution is -0.156. The summed E-state index contributed by atoms with van der Waals surface area (Å²) in [6, 6.07) is 8.51. The summed E-state index contributed by atoms with van der Waals surface area (Å²) in [6.45, 7) is 13.2. The number of rotatable bonds is 6. The number of thiocarbonyl (C=S) groups is 1. The number of ether oxygens (including phenoxy) is 3. The number of hydrogen-bond acceptors (Lipinski definition) is 12. The fourth-order valence-electron chi connectivity index (χ4n) is 9.92. The number of fused-ring (bicyclic) bond motifs is 8. The Morgan fingerprint density at radius 3 is 2.71 bits per heavy atom. The molecule has 2 saturated heterocycles. The Hall–Kier alpha value is -4.81. The topological polar surface area (TPSA) is 160 Å². The van der Waals surface area contributed by atoms with E-state index < -0.39 is 47.3 Å². The van der Waals surface area contributed by atoms with Crippen LogP contribution in [0.15, 0.2) is 41.9 Å². The molecular formula is C46H58N8O7S2. The normalized spacial score (nSPS) is 23.0. The predicted molar refractivity (Wildman–Crippen MR) is 244 cm³/mol. The van der Waals surface area contributed by atoms with Crippen LogP contribution in [-0.4, -0.2) is 124 Å². The van der Waals surface area contributed by atoms with Crippen molar-refractivity contribution in [2.24, 2.45) is 17.3 Å². The lowest BCUT2D eigenvalue weighted by Crippen LogP contribution is -2.59. The summed E-state index contributed by atoms with van der Waals surface area (Å²) in [5, 5.41) is 8.00. The van der Waals surface area contributed by atoms with Gasteiger partial charge >= 0.3 is 12.0 Å². The zero-order valence-electron chi connectivity index (χ0n) is 37.1. The molecule has 1 aromatic carbocycles. The Morgan fingerprint density at radius 2 is 1.95 bits per heavy atom. The number of thiazole rings is 1. The molecule has 4 aliphatic rings. The minimum Gasteiger partial charge on any atom is -0.464 e. The summed E-state index contributed by atoms with van der Waals surface area (Å²) in [7, 11) is 3.33. The number of pyridine rings is 1. The van der Waals surface area contributed by atoms with Crippen molar-refractivity contribution >= 4 is 63.3 Å². The van der Waals surface area contributed by atoms with Gasteiger partial charge < -0.3 is 33.9 Å². The highest BCUT2D eigenvalue weighted by atomic mass is 32.1. The van der Waals surface area contributed by atoms with Crippen LogP contribution in [0.5, 0.6) is 0 Å². The smallest absolute Gasteiger partial charge is 0.324 e. The van der Waals surface area contributed by atoms with Gasteiger partial charge in [-0.05, 0) is 61.9 Å². The van der Waals surface area contributed by atoms with Gasteiger partial charge in [-0.3, -0.25) is 24.4 Å². The maximum Gasteiger partial charge on any atom is 0.324 e. The number of benzene rings is 1. The standard InChI is InChI=1S/C46H58N8O7S2/c1-8-53-33-15-14-27-22-29(33)35-36(40(59-7)37-28(39(35)53)12-9-16-47-37)46(4,5)25-61-44(57)31-13-10-18-54(50-31)43(56)30(23-34-48-32(27)24-63-34)42(62)49-41(55)38(26(2)3)51(6)45(58)52-17-11-20-60-21-19-52/h9,12,14-16,22,24,26,30-31,36,38,40,50H,8,10-11,13,17-21,23,25H2,1-7H3,(H,49,55,62)/t30?,31-,36?,38-,40-/m0/s1. The van der Waals surface area contributed by atoms with Crippen molar-refractivity contribution in [3.63, 3.8) is 0 Å². The molecule has 5 atom stereocenters. The van der Waals surface area contributed by atoms with Gasteiger partial charge in [0.15, 0.2) is 0 Å². The molecule has 0 radical (unpaired) electrons. The molecule has 15 nitrogen and oxygen atoms in total. The third-order valence-electron chi connectivity index (χ3n) is 13.0. The largest absolute Gasteiger partial charge is 0.464 e. The summed E-state index contributed by atoms with van der Waals surface area (Å²) in [4.78, 5) is 69.7. The number of aromatic nitrogens is 3. The van der Waals surface area contributed by atoms with Gasteiger partial charge in [0.25, 0.3) is 0 Å². The first-order valence-corrected chi connectivity index (χ1v) is 23.3. The molecule has 0 spiro atoms. The Bertz CT molecular complexity index is 2410. The first-order valence-electron chi connectivity index (χ1n) is 22.0. The number of hydrazine groups is 1. The number of aryl methyl sites for hydroxylation is 1. The third-order valence-corrected chi connectivity index (χ3v) is 14.3. The average molecular weight is 899 g/mol.